The summed E-state index contributed by atoms with van der Waals surface area (Å²) in [6.07, 6.45) is 3.37. The van der Waals surface area contributed by atoms with Crippen LogP contribution in [0.3, 0.4) is 0 Å². The number of benzene rings is 1. The van der Waals surface area contributed by atoms with Crippen molar-refractivity contribution in [2.24, 2.45) is 0 Å². The lowest BCUT2D eigenvalue weighted by molar-refractivity contribution is 0.369. The van der Waals surface area contributed by atoms with Gasteiger partial charge in [0.1, 0.15) is 6.17 Å². The molecule has 1 radical (unpaired) electrons. The zero-order chi connectivity index (χ0) is 11.1. The van der Waals surface area contributed by atoms with Crippen LogP contribution in [-0.2, 0) is 0 Å². The molecule has 0 N–H and O–H groups in total. The molecule has 0 aliphatic carbocycles. The molecule has 1 rings (SSSR count). The highest BCUT2D eigenvalue weighted by molar-refractivity contribution is 6.53. The molecule has 2 unspecified atom stereocenters. The van der Waals surface area contributed by atoms with Crippen LogP contribution >= 0.6 is 11.6 Å². The molecule has 0 spiro atoms. The maximum Gasteiger partial charge on any atom is 0.155 e. The predicted molar refractivity (Wildman–Crippen MR) is 66.0 cm³/mol. The summed E-state index contributed by atoms with van der Waals surface area (Å²) in [5, 5.41) is -0.519. The minimum absolute atomic E-state index is 0.519. The van der Waals surface area contributed by atoms with Gasteiger partial charge in [-0.05, 0) is 6.92 Å². The van der Waals surface area contributed by atoms with Crippen LogP contribution in [0.5, 0.6) is 0 Å². The van der Waals surface area contributed by atoms with Gasteiger partial charge in [-0.3, -0.25) is 0 Å². The Labute approximate surface area is 96.4 Å². The van der Waals surface area contributed by atoms with Crippen LogP contribution in [0.4, 0.5) is 4.39 Å². The predicted octanol–water partition coefficient (Wildman–Crippen LogP) is 2.96. The minimum Gasteiger partial charge on any atom is -0.246 e. The molecule has 79 valence electrons. The lowest BCUT2D eigenvalue weighted by Crippen LogP contribution is -2.12. The van der Waals surface area contributed by atoms with E-state index in [4.69, 9.17) is 11.6 Å². The third kappa shape index (κ3) is 5.03. The highest BCUT2D eigenvalue weighted by Gasteiger charge is 2.07. The number of allylic oxidation sites excluding steroid dienone is 2. The Morgan fingerprint density at radius 2 is 2.07 bits per heavy atom. The molecule has 0 saturated heterocycles. The zero-order valence-electron chi connectivity index (χ0n) is 8.74. The van der Waals surface area contributed by atoms with Gasteiger partial charge in [-0.1, -0.05) is 54.3 Å². The summed E-state index contributed by atoms with van der Waals surface area (Å²) >= 11 is 5.72. The van der Waals surface area contributed by atoms with E-state index in [2.05, 4.69) is 7.28 Å². The van der Waals surface area contributed by atoms with E-state index in [1.807, 2.05) is 36.4 Å². The fourth-order valence-electron chi connectivity index (χ4n) is 1.15. The normalized spacial score (nSPS) is 15.1. The van der Waals surface area contributed by atoms with Gasteiger partial charge in [-0.2, -0.15) is 0 Å². The molecule has 0 bridgehead atoms. The van der Waals surface area contributed by atoms with Gasteiger partial charge in [0.15, 0.2) is 7.28 Å². The standard InChI is InChI=1S/C12H14BClF/c1-10(15)12(14)8-5-9-13-11-6-3-2-4-7-11/h2-8,10,12H,9H2,1H3. The zero-order valence-corrected chi connectivity index (χ0v) is 9.49. The van der Waals surface area contributed by atoms with Gasteiger partial charge in [0.05, 0.1) is 5.38 Å². The summed E-state index contributed by atoms with van der Waals surface area (Å²) in [7, 11) is 2.07. The first-order valence-electron chi connectivity index (χ1n) is 5.03. The molecule has 0 saturated carbocycles. The Hall–Kier alpha value is -0.755. The fraction of sp³-hybridized carbons (Fsp3) is 0.333. The molecule has 2 atom stereocenters. The highest BCUT2D eigenvalue weighted by Crippen LogP contribution is 2.07. The van der Waals surface area contributed by atoms with Crippen LogP contribution in [0, 0.1) is 0 Å². The van der Waals surface area contributed by atoms with Gasteiger partial charge in [-0.25, -0.2) is 4.39 Å². The van der Waals surface area contributed by atoms with Crippen LogP contribution in [0.15, 0.2) is 42.5 Å². The van der Waals surface area contributed by atoms with Crippen LogP contribution in [0.25, 0.3) is 0 Å². The van der Waals surface area contributed by atoms with Crippen molar-refractivity contribution in [1.82, 2.24) is 0 Å². The molecule has 1 aromatic carbocycles. The third-order valence-corrected chi connectivity index (χ3v) is 2.54. The maximum absolute atomic E-state index is 12.7. The quantitative estimate of drug-likeness (QED) is 0.409. The number of hydrogen-bond donors (Lipinski definition) is 0. The summed E-state index contributed by atoms with van der Waals surface area (Å²) in [4.78, 5) is 0. The van der Waals surface area contributed by atoms with Gasteiger partial charge in [0, 0.05) is 0 Å². The van der Waals surface area contributed by atoms with E-state index < -0.39 is 11.5 Å². The van der Waals surface area contributed by atoms with E-state index in [0.717, 1.165) is 6.32 Å². The van der Waals surface area contributed by atoms with Gasteiger partial charge >= 0.3 is 0 Å². The monoisotopic (exact) mass is 223 g/mol. The maximum atomic E-state index is 12.7. The largest absolute Gasteiger partial charge is 0.246 e. The molecule has 0 aliphatic heterocycles. The van der Waals surface area contributed by atoms with E-state index in [1.165, 1.54) is 12.4 Å². The molecule has 0 aliphatic rings. The molecule has 1 aromatic rings. The van der Waals surface area contributed by atoms with E-state index in [1.54, 1.807) is 6.08 Å². The molecule has 0 nitrogen and oxygen atoms in total. The van der Waals surface area contributed by atoms with E-state index >= 15 is 0 Å². The van der Waals surface area contributed by atoms with Crippen molar-refractivity contribution in [3.05, 3.63) is 42.5 Å². The molecule has 0 fully saturated rings. The van der Waals surface area contributed by atoms with Crippen molar-refractivity contribution < 1.29 is 4.39 Å². The van der Waals surface area contributed by atoms with E-state index in [-0.39, 0.29) is 0 Å². The van der Waals surface area contributed by atoms with E-state index in [0.29, 0.717) is 0 Å². The molecule has 0 heterocycles. The lowest BCUT2D eigenvalue weighted by atomic mass is 9.67. The first-order valence-corrected chi connectivity index (χ1v) is 5.47. The number of rotatable bonds is 5. The lowest BCUT2D eigenvalue weighted by Gasteiger charge is -2.03. The Morgan fingerprint density at radius 1 is 1.40 bits per heavy atom. The second-order valence-electron chi connectivity index (χ2n) is 3.40. The Morgan fingerprint density at radius 3 is 2.67 bits per heavy atom. The molecule has 15 heavy (non-hydrogen) atoms. The van der Waals surface area contributed by atoms with Crippen molar-refractivity contribution in [3.8, 4) is 0 Å². The fourth-order valence-corrected chi connectivity index (χ4v) is 1.26. The minimum atomic E-state index is -1.00. The summed E-state index contributed by atoms with van der Waals surface area (Å²) in [5.41, 5.74) is 1.17. The Balaban J connectivity index is 2.28. The van der Waals surface area contributed by atoms with Gasteiger partial charge in [0.25, 0.3) is 0 Å². The Kier molecular flexibility index (Phi) is 5.48. The highest BCUT2D eigenvalue weighted by atomic mass is 35.5. The van der Waals surface area contributed by atoms with Gasteiger partial charge in [-0.15, -0.1) is 11.6 Å². The summed E-state index contributed by atoms with van der Waals surface area (Å²) in [6, 6.07) is 10.0. The van der Waals surface area contributed by atoms with Crippen LogP contribution in [0.2, 0.25) is 6.32 Å². The van der Waals surface area contributed by atoms with Crippen LogP contribution in [-0.4, -0.2) is 18.8 Å². The molecule has 0 amide bonds. The van der Waals surface area contributed by atoms with Crippen molar-refractivity contribution in [3.63, 3.8) is 0 Å². The smallest absolute Gasteiger partial charge is 0.155 e. The van der Waals surface area contributed by atoms with Crippen molar-refractivity contribution in [1.29, 1.82) is 0 Å². The summed E-state index contributed by atoms with van der Waals surface area (Å²) in [6.45, 7) is 1.46. The topological polar surface area (TPSA) is 0 Å². The number of halogens is 2. The average Bonchev–Trinajstić information content (AvgIpc) is 2.25. The van der Waals surface area contributed by atoms with Crippen molar-refractivity contribution in [2.75, 3.05) is 0 Å². The molecular formula is C12H14BClF. The van der Waals surface area contributed by atoms with Crippen molar-refractivity contribution >= 4 is 24.3 Å². The Bertz CT molecular complexity index is 298. The van der Waals surface area contributed by atoms with Gasteiger partial charge < -0.3 is 0 Å². The summed E-state index contributed by atoms with van der Waals surface area (Å²) < 4.78 is 12.7. The SMILES string of the molecule is CC(F)C(Cl)C=CC[B]c1ccccc1. The first kappa shape index (κ1) is 12.3. The summed E-state index contributed by atoms with van der Waals surface area (Å²) in [5.74, 6) is 0. The first-order chi connectivity index (χ1) is 7.20. The second-order valence-corrected chi connectivity index (χ2v) is 3.90. The molecule has 3 heteroatoms. The van der Waals surface area contributed by atoms with Crippen LogP contribution < -0.4 is 5.46 Å². The van der Waals surface area contributed by atoms with E-state index in [9.17, 15) is 4.39 Å². The van der Waals surface area contributed by atoms with Gasteiger partial charge in [0.2, 0.25) is 0 Å². The number of hydrogen-bond acceptors (Lipinski definition) is 0. The number of alkyl halides is 2. The van der Waals surface area contributed by atoms with Crippen molar-refractivity contribution in [2.45, 2.75) is 24.8 Å². The van der Waals surface area contributed by atoms with Crippen LogP contribution in [0.1, 0.15) is 6.92 Å². The molecule has 0 aromatic heterocycles. The third-order valence-electron chi connectivity index (χ3n) is 2.05. The average molecular weight is 224 g/mol. The second kappa shape index (κ2) is 6.68. The molecular weight excluding hydrogens is 209 g/mol.